The summed E-state index contributed by atoms with van der Waals surface area (Å²) in [6.07, 6.45) is 1.68. The molecule has 1 aromatic rings. The van der Waals surface area contributed by atoms with Crippen molar-refractivity contribution in [3.05, 3.63) is 35.4 Å². The maximum Gasteiger partial charge on any atom is 0.254 e. The summed E-state index contributed by atoms with van der Waals surface area (Å²) in [7, 11) is 0. The van der Waals surface area contributed by atoms with Gasteiger partial charge in [-0.3, -0.25) is 4.79 Å². The molecule has 2 atom stereocenters. The van der Waals surface area contributed by atoms with Crippen LogP contribution in [0.4, 0.5) is 0 Å². The van der Waals surface area contributed by atoms with Gasteiger partial charge in [-0.25, -0.2) is 0 Å². The van der Waals surface area contributed by atoms with E-state index in [1.165, 1.54) is 0 Å². The topological polar surface area (TPSA) is 70.1 Å². The number of benzene rings is 1. The normalized spacial score (nSPS) is 23.5. The predicted molar refractivity (Wildman–Crippen MR) is 68.9 cm³/mol. The molecule has 1 aliphatic heterocycles. The molecule has 18 heavy (non-hydrogen) atoms. The van der Waals surface area contributed by atoms with Crippen LogP contribution in [0.5, 0.6) is 0 Å². The van der Waals surface area contributed by atoms with Crippen molar-refractivity contribution in [2.75, 3.05) is 6.54 Å². The van der Waals surface area contributed by atoms with Gasteiger partial charge in [0, 0.05) is 24.2 Å². The lowest BCUT2D eigenvalue weighted by Gasteiger charge is -2.36. The molecule has 2 N–H and O–H groups in total. The van der Waals surface area contributed by atoms with Crippen LogP contribution < -0.4 is 5.73 Å². The van der Waals surface area contributed by atoms with Gasteiger partial charge < -0.3 is 10.6 Å². The van der Waals surface area contributed by atoms with E-state index in [0.29, 0.717) is 17.7 Å². The van der Waals surface area contributed by atoms with Gasteiger partial charge in [0.25, 0.3) is 5.91 Å². The maximum atomic E-state index is 12.4. The number of carbonyl (C=O) groups is 1. The number of hydrogen-bond acceptors (Lipinski definition) is 3. The first-order valence-electron chi connectivity index (χ1n) is 6.18. The Labute approximate surface area is 107 Å². The quantitative estimate of drug-likeness (QED) is 0.812. The van der Waals surface area contributed by atoms with Gasteiger partial charge in [0.1, 0.15) is 0 Å². The molecule has 1 saturated heterocycles. The molecule has 0 aromatic heterocycles. The van der Waals surface area contributed by atoms with Crippen molar-refractivity contribution in [3.8, 4) is 6.07 Å². The largest absolute Gasteiger partial charge is 0.336 e. The van der Waals surface area contributed by atoms with Crippen LogP contribution in [0.2, 0.25) is 0 Å². The standard InChI is InChI=1S/C14H17N3O/c1-10-7-13(16)5-6-17(10)14(18)12-4-2-3-11(8-12)9-15/h2-4,8,10,13H,5-7,16H2,1H3. The third kappa shape index (κ3) is 2.52. The Morgan fingerprint density at radius 3 is 3.00 bits per heavy atom. The molecule has 0 spiro atoms. The van der Waals surface area contributed by atoms with Crippen LogP contribution in [0, 0.1) is 11.3 Å². The summed E-state index contributed by atoms with van der Waals surface area (Å²) in [6, 6.07) is 9.24. The van der Waals surface area contributed by atoms with E-state index in [1.54, 1.807) is 24.3 Å². The van der Waals surface area contributed by atoms with Crippen LogP contribution in [-0.2, 0) is 0 Å². The second-order valence-electron chi connectivity index (χ2n) is 4.82. The van der Waals surface area contributed by atoms with Gasteiger partial charge in [-0.15, -0.1) is 0 Å². The summed E-state index contributed by atoms with van der Waals surface area (Å²) in [5.41, 5.74) is 6.99. The molecule has 0 aliphatic carbocycles. The molecule has 1 aliphatic rings. The molecule has 0 saturated carbocycles. The predicted octanol–water partition coefficient (Wildman–Crippen LogP) is 1.51. The Bertz CT molecular complexity index is 492. The Balaban J connectivity index is 2.18. The highest BCUT2D eigenvalue weighted by Gasteiger charge is 2.27. The Hall–Kier alpha value is -1.86. The number of hydrogen-bond donors (Lipinski definition) is 1. The van der Waals surface area contributed by atoms with Crippen LogP contribution in [0.15, 0.2) is 24.3 Å². The van der Waals surface area contributed by atoms with E-state index in [4.69, 9.17) is 11.0 Å². The highest BCUT2D eigenvalue weighted by Crippen LogP contribution is 2.19. The Morgan fingerprint density at radius 1 is 1.56 bits per heavy atom. The minimum absolute atomic E-state index is 0.00787. The fraction of sp³-hybridized carbons (Fsp3) is 0.429. The van der Waals surface area contributed by atoms with Crippen molar-refractivity contribution >= 4 is 5.91 Å². The van der Waals surface area contributed by atoms with Crippen molar-refractivity contribution in [2.45, 2.75) is 31.8 Å². The number of carbonyl (C=O) groups excluding carboxylic acids is 1. The number of nitrogens with zero attached hydrogens (tertiary/aromatic N) is 2. The van der Waals surface area contributed by atoms with Crippen molar-refractivity contribution in [1.29, 1.82) is 5.26 Å². The van der Waals surface area contributed by atoms with Gasteiger partial charge in [-0.2, -0.15) is 5.26 Å². The van der Waals surface area contributed by atoms with Crippen LogP contribution in [-0.4, -0.2) is 29.4 Å². The zero-order valence-electron chi connectivity index (χ0n) is 10.5. The zero-order chi connectivity index (χ0) is 13.1. The molecule has 4 nitrogen and oxygen atoms in total. The van der Waals surface area contributed by atoms with Gasteiger partial charge in [0.2, 0.25) is 0 Å². The molecule has 1 amide bonds. The highest BCUT2D eigenvalue weighted by molar-refractivity contribution is 5.94. The number of amides is 1. The Kier molecular flexibility index (Phi) is 3.63. The average Bonchev–Trinajstić information content (AvgIpc) is 2.38. The first kappa shape index (κ1) is 12.6. The number of rotatable bonds is 1. The molecule has 0 radical (unpaired) electrons. The molecule has 1 fully saturated rings. The molecular formula is C14H17N3O. The lowest BCUT2D eigenvalue weighted by Crippen LogP contribution is -2.48. The molecule has 0 bridgehead atoms. The van der Waals surface area contributed by atoms with Gasteiger partial charge in [-0.1, -0.05) is 6.07 Å². The third-order valence-electron chi connectivity index (χ3n) is 3.42. The lowest BCUT2D eigenvalue weighted by molar-refractivity contribution is 0.0619. The Morgan fingerprint density at radius 2 is 2.33 bits per heavy atom. The highest BCUT2D eigenvalue weighted by atomic mass is 16.2. The van der Waals surface area contributed by atoms with Crippen LogP contribution >= 0.6 is 0 Å². The minimum Gasteiger partial charge on any atom is -0.336 e. The van der Waals surface area contributed by atoms with Crippen molar-refractivity contribution in [1.82, 2.24) is 4.90 Å². The summed E-state index contributed by atoms with van der Waals surface area (Å²) in [5.74, 6) is -0.00787. The third-order valence-corrected chi connectivity index (χ3v) is 3.42. The average molecular weight is 243 g/mol. The van der Waals surface area contributed by atoms with E-state index in [-0.39, 0.29) is 18.0 Å². The fourth-order valence-corrected chi connectivity index (χ4v) is 2.40. The van der Waals surface area contributed by atoms with E-state index in [2.05, 4.69) is 6.07 Å². The molecule has 1 aromatic carbocycles. The second kappa shape index (κ2) is 5.19. The maximum absolute atomic E-state index is 12.4. The summed E-state index contributed by atoms with van der Waals surface area (Å²) in [6.45, 7) is 2.71. The van der Waals surface area contributed by atoms with Gasteiger partial charge in [-0.05, 0) is 38.0 Å². The van der Waals surface area contributed by atoms with Crippen LogP contribution in [0.1, 0.15) is 35.7 Å². The molecule has 2 unspecified atom stereocenters. The van der Waals surface area contributed by atoms with E-state index < -0.39 is 0 Å². The number of piperidine rings is 1. The van der Waals surface area contributed by atoms with Gasteiger partial charge >= 0.3 is 0 Å². The van der Waals surface area contributed by atoms with E-state index in [1.807, 2.05) is 11.8 Å². The molecule has 94 valence electrons. The first-order chi connectivity index (χ1) is 8.61. The summed E-state index contributed by atoms with van der Waals surface area (Å²) < 4.78 is 0. The van der Waals surface area contributed by atoms with E-state index >= 15 is 0 Å². The minimum atomic E-state index is -0.00787. The molecule has 1 heterocycles. The number of likely N-dealkylation sites (tertiary alicyclic amines) is 1. The van der Waals surface area contributed by atoms with Crippen molar-refractivity contribution < 1.29 is 4.79 Å². The lowest BCUT2D eigenvalue weighted by atomic mass is 9.98. The van der Waals surface area contributed by atoms with Crippen LogP contribution in [0.3, 0.4) is 0 Å². The second-order valence-corrected chi connectivity index (χ2v) is 4.82. The molecular weight excluding hydrogens is 226 g/mol. The van der Waals surface area contributed by atoms with Crippen LogP contribution in [0.25, 0.3) is 0 Å². The monoisotopic (exact) mass is 243 g/mol. The van der Waals surface area contributed by atoms with E-state index in [0.717, 1.165) is 12.8 Å². The van der Waals surface area contributed by atoms with Crippen molar-refractivity contribution in [3.63, 3.8) is 0 Å². The van der Waals surface area contributed by atoms with Gasteiger partial charge in [0.15, 0.2) is 0 Å². The van der Waals surface area contributed by atoms with Crippen molar-refractivity contribution in [2.24, 2.45) is 5.73 Å². The molecule has 2 rings (SSSR count). The van der Waals surface area contributed by atoms with Gasteiger partial charge in [0.05, 0.1) is 11.6 Å². The number of nitrogens with two attached hydrogens (primary N) is 1. The number of nitriles is 1. The summed E-state index contributed by atoms with van der Waals surface area (Å²) >= 11 is 0. The fourth-order valence-electron chi connectivity index (χ4n) is 2.40. The van der Waals surface area contributed by atoms with E-state index in [9.17, 15) is 4.79 Å². The summed E-state index contributed by atoms with van der Waals surface area (Å²) in [4.78, 5) is 14.2. The first-order valence-corrected chi connectivity index (χ1v) is 6.18. The SMILES string of the molecule is CC1CC(N)CCN1C(=O)c1cccc(C#N)c1. The smallest absolute Gasteiger partial charge is 0.254 e. The molecule has 4 heteroatoms. The summed E-state index contributed by atoms with van der Waals surface area (Å²) in [5, 5.41) is 8.85. The zero-order valence-corrected chi connectivity index (χ0v) is 10.5.